The first-order valence-electron chi connectivity index (χ1n) is 7.17. The zero-order valence-corrected chi connectivity index (χ0v) is 14.9. The van der Waals surface area contributed by atoms with Crippen LogP contribution in [0.1, 0.15) is 12.8 Å². The predicted octanol–water partition coefficient (Wildman–Crippen LogP) is 2.19. The van der Waals surface area contributed by atoms with Crippen molar-refractivity contribution in [1.82, 2.24) is 14.2 Å². The summed E-state index contributed by atoms with van der Waals surface area (Å²) in [6.45, 7) is 1.30. The van der Waals surface area contributed by atoms with Crippen molar-refractivity contribution in [3.8, 4) is 0 Å². The summed E-state index contributed by atoms with van der Waals surface area (Å²) in [5.41, 5.74) is 2.00. The summed E-state index contributed by atoms with van der Waals surface area (Å²) in [6, 6.07) is 3.34. The second kappa shape index (κ2) is 6.35. The zero-order valence-electron chi connectivity index (χ0n) is 12.5. The van der Waals surface area contributed by atoms with Gasteiger partial charge in [-0.2, -0.15) is 4.31 Å². The van der Waals surface area contributed by atoms with E-state index in [0.717, 1.165) is 11.1 Å². The molecule has 0 bridgehead atoms. The van der Waals surface area contributed by atoms with E-state index >= 15 is 0 Å². The number of fused-ring (bicyclic) bond motifs is 1. The van der Waals surface area contributed by atoms with E-state index in [4.69, 9.17) is 11.6 Å². The summed E-state index contributed by atoms with van der Waals surface area (Å²) in [4.78, 5) is 17.5. The number of thiazole rings is 1. The van der Waals surface area contributed by atoms with Gasteiger partial charge in [0.2, 0.25) is 15.9 Å². The minimum absolute atomic E-state index is 0.0353. The largest absolute Gasteiger partial charge is 0.341 e. The highest BCUT2D eigenvalue weighted by Gasteiger charge is 2.28. The molecule has 0 radical (unpaired) electrons. The van der Waals surface area contributed by atoms with Crippen molar-refractivity contribution in [2.75, 3.05) is 26.7 Å². The van der Waals surface area contributed by atoms with E-state index in [9.17, 15) is 13.2 Å². The third-order valence-electron chi connectivity index (χ3n) is 3.93. The molecule has 0 unspecified atom stereocenters. The van der Waals surface area contributed by atoms with Gasteiger partial charge in [-0.25, -0.2) is 13.4 Å². The van der Waals surface area contributed by atoms with Crippen molar-refractivity contribution in [3.05, 3.63) is 22.7 Å². The summed E-state index contributed by atoms with van der Waals surface area (Å²) in [5.74, 6) is 0.0791. The molecule has 0 N–H and O–H groups in total. The molecule has 23 heavy (non-hydrogen) atoms. The highest BCUT2D eigenvalue weighted by molar-refractivity contribution is 7.89. The van der Waals surface area contributed by atoms with E-state index in [0.29, 0.717) is 25.0 Å². The number of carbonyl (C=O) groups excluding carboxylic acids is 1. The Kier molecular flexibility index (Phi) is 4.59. The molecule has 1 aliphatic rings. The Hall–Kier alpha value is -1.22. The van der Waals surface area contributed by atoms with Gasteiger partial charge in [0, 0.05) is 33.1 Å². The lowest BCUT2D eigenvalue weighted by Gasteiger charge is -2.22. The molecule has 6 nitrogen and oxygen atoms in total. The average molecular weight is 374 g/mol. The summed E-state index contributed by atoms with van der Waals surface area (Å²) in [5, 5.41) is 0.160. The van der Waals surface area contributed by atoms with Gasteiger partial charge in [-0.1, -0.05) is 11.6 Å². The summed E-state index contributed by atoms with van der Waals surface area (Å²) < 4.78 is 27.7. The number of nitrogens with zero attached hydrogens (tertiary/aromatic N) is 3. The molecule has 1 aromatic heterocycles. The number of amides is 1. The highest BCUT2D eigenvalue weighted by atomic mass is 35.5. The number of likely N-dealkylation sites (tertiary alicyclic amines) is 1. The fraction of sp³-hybridized carbons (Fsp3) is 0.429. The molecular weight excluding hydrogens is 358 g/mol. The lowest BCUT2D eigenvalue weighted by Crippen LogP contribution is -2.37. The van der Waals surface area contributed by atoms with E-state index in [1.54, 1.807) is 22.5 Å². The van der Waals surface area contributed by atoms with E-state index in [1.165, 1.54) is 22.7 Å². The number of rotatable bonds is 5. The second-order valence-electron chi connectivity index (χ2n) is 5.39. The van der Waals surface area contributed by atoms with E-state index in [-0.39, 0.29) is 22.4 Å². The van der Waals surface area contributed by atoms with Gasteiger partial charge in [0.1, 0.15) is 10.4 Å². The van der Waals surface area contributed by atoms with Gasteiger partial charge in [0.05, 0.1) is 15.2 Å². The molecule has 2 aromatic rings. The predicted molar refractivity (Wildman–Crippen MR) is 90.3 cm³/mol. The van der Waals surface area contributed by atoms with Gasteiger partial charge in [-0.05, 0) is 18.6 Å². The summed E-state index contributed by atoms with van der Waals surface area (Å²) in [7, 11) is -2.27. The highest BCUT2D eigenvalue weighted by Crippen LogP contribution is 2.32. The van der Waals surface area contributed by atoms with Gasteiger partial charge >= 0.3 is 0 Å². The molecule has 124 valence electrons. The van der Waals surface area contributed by atoms with Crippen LogP contribution in [-0.4, -0.2) is 55.2 Å². The normalized spacial score (nSPS) is 16.0. The first-order valence-corrected chi connectivity index (χ1v) is 9.87. The number of aromatic nitrogens is 1. The Morgan fingerprint density at radius 3 is 2.91 bits per heavy atom. The number of sulfonamides is 1. The molecule has 1 aliphatic heterocycles. The first kappa shape index (κ1) is 16.6. The molecular formula is C14H16ClN3O3S2. The van der Waals surface area contributed by atoms with Gasteiger partial charge < -0.3 is 4.90 Å². The van der Waals surface area contributed by atoms with Crippen LogP contribution in [-0.2, 0) is 14.8 Å². The minimum atomic E-state index is -3.77. The van der Waals surface area contributed by atoms with Crippen molar-refractivity contribution in [2.45, 2.75) is 17.7 Å². The molecule has 1 aromatic carbocycles. The van der Waals surface area contributed by atoms with Crippen LogP contribution < -0.4 is 0 Å². The Morgan fingerprint density at radius 2 is 2.22 bits per heavy atom. The van der Waals surface area contributed by atoms with Crippen LogP contribution in [0, 0.1) is 0 Å². The quantitative estimate of drug-likeness (QED) is 0.805. The van der Waals surface area contributed by atoms with Crippen LogP contribution in [0.3, 0.4) is 0 Å². The molecule has 9 heteroatoms. The van der Waals surface area contributed by atoms with E-state index in [1.807, 2.05) is 0 Å². The van der Waals surface area contributed by atoms with Crippen molar-refractivity contribution < 1.29 is 13.2 Å². The fourth-order valence-corrected chi connectivity index (χ4v) is 5.15. The smallest absolute Gasteiger partial charge is 0.246 e. The van der Waals surface area contributed by atoms with Crippen molar-refractivity contribution >= 4 is 49.1 Å². The van der Waals surface area contributed by atoms with Gasteiger partial charge in [-0.15, -0.1) is 11.3 Å². The molecule has 0 saturated carbocycles. The van der Waals surface area contributed by atoms with Gasteiger partial charge in [0.25, 0.3) is 0 Å². The number of benzene rings is 1. The monoisotopic (exact) mass is 373 g/mol. The lowest BCUT2D eigenvalue weighted by atomic mass is 10.3. The number of carbonyl (C=O) groups is 1. The number of halogens is 1. The maximum atomic E-state index is 12.9. The average Bonchev–Trinajstić information content (AvgIpc) is 3.12. The number of hydrogen-bond donors (Lipinski definition) is 0. The second-order valence-corrected chi connectivity index (χ2v) is 8.66. The maximum Gasteiger partial charge on any atom is 0.246 e. The fourth-order valence-electron chi connectivity index (χ4n) is 2.61. The molecule has 1 fully saturated rings. The lowest BCUT2D eigenvalue weighted by molar-refractivity contribution is -0.127. The first-order chi connectivity index (χ1) is 10.9. The van der Waals surface area contributed by atoms with Crippen molar-refractivity contribution in [2.24, 2.45) is 0 Å². The van der Waals surface area contributed by atoms with Crippen LogP contribution in [0.4, 0.5) is 0 Å². The third-order valence-corrected chi connectivity index (χ3v) is 7.09. The molecule has 3 rings (SSSR count). The standard InChI is InChI=1S/C14H16ClN3O3S2/c1-17(7-8-18-6-2-3-12(18)19)23(20,21)14-10(15)4-5-11-13(14)16-9-22-11/h4-5,9H,2-3,6-8H2,1H3. The number of likely N-dealkylation sites (N-methyl/N-ethyl adjacent to an activating group) is 1. The van der Waals surface area contributed by atoms with Gasteiger partial charge in [0.15, 0.2) is 0 Å². The number of hydrogen-bond acceptors (Lipinski definition) is 5. The van der Waals surface area contributed by atoms with Crippen molar-refractivity contribution in [1.29, 1.82) is 0 Å². The summed E-state index contributed by atoms with van der Waals surface area (Å²) in [6.07, 6.45) is 1.37. The van der Waals surface area contributed by atoms with Crippen LogP contribution in [0.15, 0.2) is 22.5 Å². The Labute approximate surface area is 143 Å². The SMILES string of the molecule is CN(CCN1CCCC1=O)S(=O)(=O)c1c(Cl)ccc2scnc12. The van der Waals surface area contributed by atoms with E-state index < -0.39 is 10.0 Å². The zero-order chi connectivity index (χ0) is 16.6. The van der Waals surface area contributed by atoms with E-state index in [2.05, 4.69) is 4.98 Å². The van der Waals surface area contributed by atoms with Crippen LogP contribution in [0.5, 0.6) is 0 Å². The van der Waals surface area contributed by atoms with Crippen LogP contribution in [0.2, 0.25) is 5.02 Å². The molecule has 1 amide bonds. The molecule has 1 saturated heterocycles. The molecule has 0 atom stereocenters. The van der Waals surface area contributed by atoms with Crippen LogP contribution >= 0.6 is 22.9 Å². The Bertz CT molecular complexity index is 850. The van der Waals surface area contributed by atoms with Gasteiger partial charge in [-0.3, -0.25) is 4.79 Å². The molecule has 2 heterocycles. The topological polar surface area (TPSA) is 70.6 Å². The molecule has 0 spiro atoms. The van der Waals surface area contributed by atoms with Crippen molar-refractivity contribution in [3.63, 3.8) is 0 Å². The third kappa shape index (κ3) is 3.08. The van der Waals surface area contributed by atoms with Crippen LogP contribution in [0.25, 0.3) is 10.2 Å². The maximum absolute atomic E-state index is 12.9. The summed E-state index contributed by atoms with van der Waals surface area (Å²) >= 11 is 7.50. The minimum Gasteiger partial charge on any atom is -0.341 e. The Balaban J connectivity index is 1.86. The molecule has 0 aliphatic carbocycles. The Morgan fingerprint density at radius 1 is 1.43 bits per heavy atom.